The normalized spacial score (nSPS) is 15.2. The molecule has 0 saturated carbocycles. The Morgan fingerprint density at radius 3 is 2.74 bits per heavy atom. The highest BCUT2D eigenvalue weighted by atomic mass is 19.1. The van der Waals surface area contributed by atoms with Crippen LogP contribution in [0, 0.1) is 24.1 Å². The molecule has 5 rings (SSSR count). The van der Waals surface area contributed by atoms with E-state index in [2.05, 4.69) is 27.5 Å². The van der Waals surface area contributed by atoms with Crippen LogP contribution in [-0.2, 0) is 6.42 Å². The number of hydrogen-bond acceptors (Lipinski definition) is 4. The highest BCUT2D eigenvalue weighted by molar-refractivity contribution is 5.99. The summed E-state index contributed by atoms with van der Waals surface area (Å²) in [4.78, 5) is 11.2. The van der Waals surface area contributed by atoms with E-state index in [0.29, 0.717) is 16.8 Å². The van der Waals surface area contributed by atoms with E-state index in [1.54, 1.807) is 18.3 Å². The third kappa shape index (κ3) is 3.04. The first-order valence-corrected chi connectivity index (χ1v) is 10.1. The average molecular weight is 406 g/mol. The molecule has 3 aromatic rings. The van der Waals surface area contributed by atoms with Crippen molar-refractivity contribution in [3.05, 3.63) is 113 Å². The van der Waals surface area contributed by atoms with E-state index in [4.69, 9.17) is 0 Å². The maximum absolute atomic E-state index is 14.4. The van der Waals surface area contributed by atoms with Crippen molar-refractivity contribution < 1.29 is 4.39 Å². The number of rotatable bonds is 2. The predicted molar refractivity (Wildman–Crippen MR) is 119 cm³/mol. The number of anilines is 1. The van der Waals surface area contributed by atoms with E-state index in [0.717, 1.165) is 41.2 Å². The summed E-state index contributed by atoms with van der Waals surface area (Å²) < 4.78 is 14.4. The summed E-state index contributed by atoms with van der Waals surface area (Å²) in [6.07, 6.45) is 7.29. The molecular formula is C26H19FN4. The lowest BCUT2D eigenvalue weighted by atomic mass is 9.84. The molecule has 0 bridgehead atoms. The van der Waals surface area contributed by atoms with Crippen molar-refractivity contribution in [2.75, 3.05) is 4.90 Å². The summed E-state index contributed by atoms with van der Waals surface area (Å²) in [5.41, 5.74) is 7.86. The smallest absolute Gasteiger partial charge is 0.141 e. The number of halogens is 1. The Balaban J connectivity index is 1.78. The van der Waals surface area contributed by atoms with Gasteiger partial charge in [-0.25, -0.2) is 4.39 Å². The summed E-state index contributed by atoms with van der Waals surface area (Å²) in [7, 11) is 0. The zero-order valence-electron chi connectivity index (χ0n) is 17.1. The van der Waals surface area contributed by atoms with Gasteiger partial charge < -0.3 is 4.90 Å². The number of aryl methyl sites for hydroxylation is 2. The molecule has 4 nitrogen and oxygen atoms in total. The first kappa shape index (κ1) is 19.0. The van der Waals surface area contributed by atoms with E-state index in [-0.39, 0.29) is 5.56 Å². The van der Waals surface area contributed by atoms with Crippen molar-refractivity contribution in [1.82, 2.24) is 9.97 Å². The number of benzene rings is 1. The molecule has 0 amide bonds. The molecule has 5 heteroatoms. The number of fused-ring (bicyclic) bond motifs is 2. The molecule has 1 aliphatic carbocycles. The van der Waals surface area contributed by atoms with Crippen LogP contribution >= 0.6 is 0 Å². The van der Waals surface area contributed by atoms with E-state index in [1.165, 1.54) is 11.6 Å². The van der Waals surface area contributed by atoms with Crippen LogP contribution in [0.25, 0.3) is 11.1 Å². The summed E-state index contributed by atoms with van der Waals surface area (Å²) >= 11 is 0. The lowest BCUT2D eigenvalue weighted by Gasteiger charge is -2.38. The van der Waals surface area contributed by atoms with Gasteiger partial charge in [0, 0.05) is 40.0 Å². The molecule has 1 aliphatic heterocycles. The molecule has 2 aliphatic rings. The van der Waals surface area contributed by atoms with Gasteiger partial charge in [-0.05, 0) is 55.7 Å². The van der Waals surface area contributed by atoms with Gasteiger partial charge in [-0.2, -0.15) is 5.26 Å². The first-order valence-electron chi connectivity index (χ1n) is 10.1. The van der Waals surface area contributed by atoms with Crippen LogP contribution in [-0.4, -0.2) is 9.97 Å². The van der Waals surface area contributed by atoms with Crippen molar-refractivity contribution in [3.63, 3.8) is 0 Å². The Morgan fingerprint density at radius 1 is 1.10 bits per heavy atom. The van der Waals surface area contributed by atoms with E-state index >= 15 is 0 Å². The van der Waals surface area contributed by atoms with Crippen molar-refractivity contribution in [2.24, 2.45) is 0 Å². The van der Waals surface area contributed by atoms with E-state index < -0.39 is 5.82 Å². The van der Waals surface area contributed by atoms with Gasteiger partial charge in [0.15, 0.2) is 0 Å². The SMILES string of the molecule is C=C1C(c2cccc(F)c2C#N)=CC2=C(CCc3cccnc32)N1c1ccc(C)nc1. The minimum atomic E-state index is -0.542. The largest absolute Gasteiger partial charge is 0.312 e. The summed E-state index contributed by atoms with van der Waals surface area (Å²) in [6.45, 7) is 6.29. The van der Waals surface area contributed by atoms with Crippen LogP contribution in [0.1, 0.15) is 34.5 Å². The second kappa shape index (κ2) is 7.33. The Labute approximate surface area is 180 Å². The molecule has 1 aromatic carbocycles. The topological polar surface area (TPSA) is 52.8 Å². The standard InChI is InChI=1S/C26H19FN4/c1-16-8-10-19(15-30-16)31-17(2)21(20-6-3-7-24(27)23(20)14-28)13-22-25(31)11-9-18-5-4-12-29-26(18)22/h3-8,10,12-13,15H,2,9,11H2,1H3. The molecule has 2 aromatic heterocycles. The van der Waals surface area contributed by atoms with Gasteiger partial charge in [-0.1, -0.05) is 24.8 Å². The van der Waals surface area contributed by atoms with Crippen LogP contribution < -0.4 is 4.90 Å². The molecule has 0 N–H and O–H groups in total. The zero-order chi connectivity index (χ0) is 21.5. The number of aromatic nitrogens is 2. The Kier molecular flexibility index (Phi) is 4.48. The highest BCUT2D eigenvalue weighted by Crippen LogP contribution is 2.45. The second-order valence-corrected chi connectivity index (χ2v) is 7.64. The summed E-state index contributed by atoms with van der Waals surface area (Å²) in [5.74, 6) is -0.542. The van der Waals surface area contributed by atoms with Gasteiger partial charge in [-0.15, -0.1) is 0 Å². The minimum absolute atomic E-state index is 0.0120. The van der Waals surface area contributed by atoms with Crippen LogP contribution in [0.2, 0.25) is 0 Å². The van der Waals surface area contributed by atoms with E-state index in [9.17, 15) is 9.65 Å². The maximum Gasteiger partial charge on any atom is 0.141 e. The van der Waals surface area contributed by atoms with Gasteiger partial charge in [0.05, 0.1) is 23.1 Å². The molecule has 3 heterocycles. The lowest BCUT2D eigenvalue weighted by Crippen LogP contribution is -2.29. The van der Waals surface area contributed by atoms with Crippen LogP contribution in [0.3, 0.4) is 0 Å². The van der Waals surface area contributed by atoms with Crippen LogP contribution in [0.4, 0.5) is 10.1 Å². The number of hydrogen-bond donors (Lipinski definition) is 0. The van der Waals surface area contributed by atoms with Gasteiger partial charge in [0.25, 0.3) is 0 Å². The minimum Gasteiger partial charge on any atom is -0.312 e. The molecule has 0 atom stereocenters. The Hall–Kier alpha value is -4.04. The highest BCUT2D eigenvalue weighted by Gasteiger charge is 2.32. The van der Waals surface area contributed by atoms with Crippen molar-refractivity contribution in [3.8, 4) is 6.07 Å². The predicted octanol–water partition coefficient (Wildman–Crippen LogP) is 5.57. The van der Waals surface area contributed by atoms with Crippen molar-refractivity contribution in [1.29, 1.82) is 5.26 Å². The summed E-state index contributed by atoms with van der Waals surface area (Å²) in [6, 6.07) is 14.7. The fourth-order valence-corrected chi connectivity index (χ4v) is 4.30. The number of nitriles is 1. The molecule has 31 heavy (non-hydrogen) atoms. The van der Waals surface area contributed by atoms with Crippen LogP contribution in [0.15, 0.2) is 78.9 Å². The monoisotopic (exact) mass is 406 g/mol. The quantitative estimate of drug-likeness (QED) is 0.558. The molecule has 0 saturated heterocycles. The second-order valence-electron chi connectivity index (χ2n) is 7.64. The van der Waals surface area contributed by atoms with Crippen LogP contribution in [0.5, 0.6) is 0 Å². The number of pyridine rings is 2. The van der Waals surface area contributed by atoms with Crippen molar-refractivity contribution >= 4 is 16.8 Å². The van der Waals surface area contributed by atoms with E-state index in [1.807, 2.05) is 43.5 Å². The molecule has 0 unspecified atom stereocenters. The van der Waals surface area contributed by atoms with Gasteiger partial charge >= 0.3 is 0 Å². The van der Waals surface area contributed by atoms with Gasteiger partial charge in [0.1, 0.15) is 11.9 Å². The molecule has 0 spiro atoms. The fraction of sp³-hybridized carbons (Fsp3) is 0.115. The summed E-state index contributed by atoms with van der Waals surface area (Å²) in [5, 5.41) is 9.62. The van der Waals surface area contributed by atoms with Gasteiger partial charge in [0.2, 0.25) is 0 Å². The molecular weight excluding hydrogens is 387 g/mol. The fourth-order valence-electron chi connectivity index (χ4n) is 4.30. The third-order valence-electron chi connectivity index (χ3n) is 5.80. The van der Waals surface area contributed by atoms with Gasteiger partial charge in [-0.3, -0.25) is 9.97 Å². The average Bonchev–Trinajstić information content (AvgIpc) is 2.79. The maximum atomic E-state index is 14.4. The first-order chi connectivity index (χ1) is 15.1. The third-order valence-corrected chi connectivity index (χ3v) is 5.80. The molecule has 150 valence electrons. The number of nitrogens with zero attached hydrogens (tertiary/aromatic N) is 4. The number of allylic oxidation sites excluding steroid dienone is 4. The molecule has 0 radical (unpaired) electrons. The zero-order valence-corrected chi connectivity index (χ0v) is 17.1. The lowest BCUT2D eigenvalue weighted by molar-refractivity contribution is 0.623. The Morgan fingerprint density at radius 2 is 1.97 bits per heavy atom. The van der Waals surface area contributed by atoms with Crippen molar-refractivity contribution in [2.45, 2.75) is 19.8 Å². The molecule has 0 fully saturated rings. The Bertz CT molecular complexity index is 1330.